The van der Waals surface area contributed by atoms with Gasteiger partial charge < -0.3 is 4.52 Å². The van der Waals surface area contributed by atoms with Crippen molar-refractivity contribution in [1.82, 2.24) is 0 Å². The highest BCUT2D eigenvalue weighted by Crippen LogP contribution is 2.51. The Balaban J connectivity index is 3.53. The minimum absolute atomic E-state index is 0.188. The molecular weight excluding hydrogens is 217 g/mol. The lowest BCUT2D eigenvalue weighted by molar-refractivity contribution is 0.348. The molecule has 0 saturated heterocycles. The fourth-order valence-corrected chi connectivity index (χ4v) is 2.60. The molecule has 0 heterocycles. The van der Waals surface area contributed by atoms with Crippen LogP contribution in [0, 0.1) is 0 Å². The standard InChI is InChI=1S/C4H8Cl3O2P/c5-1-3-9-10(7,8)4-2-6/h1-4H2. The third kappa shape index (κ3) is 5.82. The number of halogens is 3. The smallest absolute Gasteiger partial charge is 0.291 e. The van der Waals surface area contributed by atoms with Gasteiger partial charge in [-0.05, 0) is 11.2 Å². The van der Waals surface area contributed by atoms with Crippen LogP contribution < -0.4 is 0 Å². The molecule has 0 aromatic carbocycles. The van der Waals surface area contributed by atoms with Crippen LogP contribution in [0.3, 0.4) is 0 Å². The van der Waals surface area contributed by atoms with E-state index < -0.39 is 6.72 Å². The van der Waals surface area contributed by atoms with Crippen molar-refractivity contribution in [2.24, 2.45) is 0 Å². The van der Waals surface area contributed by atoms with Gasteiger partial charge >= 0.3 is 0 Å². The molecule has 0 fully saturated rings. The van der Waals surface area contributed by atoms with Gasteiger partial charge in [0.2, 0.25) is 0 Å². The highest BCUT2D eigenvalue weighted by atomic mass is 35.7. The molecule has 0 aliphatic carbocycles. The van der Waals surface area contributed by atoms with Crippen molar-refractivity contribution in [2.75, 3.05) is 24.5 Å². The van der Waals surface area contributed by atoms with Gasteiger partial charge in [0.15, 0.2) is 0 Å². The Labute approximate surface area is 75.0 Å². The van der Waals surface area contributed by atoms with Crippen LogP contribution >= 0.6 is 41.2 Å². The lowest BCUT2D eigenvalue weighted by Crippen LogP contribution is -1.94. The van der Waals surface area contributed by atoms with Gasteiger partial charge in [-0.15, -0.1) is 23.2 Å². The number of hydrogen-bond acceptors (Lipinski definition) is 2. The minimum atomic E-state index is -2.95. The maximum absolute atomic E-state index is 11.0. The van der Waals surface area contributed by atoms with Gasteiger partial charge in [-0.3, -0.25) is 4.57 Å². The minimum Gasteiger partial charge on any atom is -0.316 e. The van der Waals surface area contributed by atoms with E-state index in [-0.39, 0.29) is 18.6 Å². The largest absolute Gasteiger partial charge is 0.316 e. The third-order valence-electron chi connectivity index (χ3n) is 0.713. The molecule has 0 aliphatic heterocycles. The van der Waals surface area contributed by atoms with Crippen molar-refractivity contribution < 1.29 is 9.09 Å². The summed E-state index contributed by atoms with van der Waals surface area (Å²) in [6, 6.07) is 0. The molecule has 6 heteroatoms. The van der Waals surface area contributed by atoms with Crippen LogP contribution in [0.2, 0.25) is 0 Å². The highest BCUT2D eigenvalue weighted by Gasteiger charge is 2.17. The van der Waals surface area contributed by atoms with Gasteiger partial charge in [0.05, 0.1) is 12.8 Å². The van der Waals surface area contributed by atoms with E-state index in [1.807, 2.05) is 0 Å². The monoisotopic (exact) mass is 224 g/mol. The SMILES string of the molecule is O=P(Cl)(CCCl)OCCCl. The molecule has 0 bridgehead atoms. The highest BCUT2D eigenvalue weighted by molar-refractivity contribution is 7.85. The van der Waals surface area contributed by atoms with Crippen molar-refractivity contribution in [1.29, 1.82) is 0 Å². The van der Waals surface area contributed by atoms with Crippen molar-refractivity contribution in [3.05, 3.63) is 0 Å². The zero-order valence-corrected chi connectivity index (χ0v) is 8.39. The van der Waals surface area contributed by atoms with Crippen LogP contribution in [0.5, 0.6) is 0 Å². The maximum Gasteiger partial charge on any atom is 0.291 e. The molecule has 1 atom stereocenters. The first-order valence-electron chi connectivity index (χ1n) is 2.67. The summed E-state index contributed by atoms with van der Waals surface area (Å²) in [5, 5.41) is 0. The molecule has 0 amide bonds. The van der Waals surface area contributed by atoms with Crippen LogP contribution in [0.25, 0.3) is 0 Å². The lowest BCUT2D eigenvalue weighted by atomic mass is 10.9. The molecule has 0 aromatic rings. The summed E-state index contributed by atoms with van der Waals surface area (Å²) >= 11 is 16.0. The first kappa shape index (κ1) is 11.1. The van der Waals surface area contributed by atoms with Crippen LogP contribution in [0.4, 0.5) is 0 Å². The summed E-state index contributed by atoms with van der Waals surface area (Å²) < 4.78 is 15.7. The maximum atomic E-state index is 11.0. The number of hydrogen-bond donors (Lipinski definition) is 0. The van der Waals surface area contributed by atoms with Crippen molar-refractivity contribution in [3.8, 4) is 0 Å². The Kier molecular flexibility index (Phi) is 6.28. The molecule has 0 aromatic heterocycles. The quantitative estimate of drug-likeness (QED) is 0.531. The van der Waals surface area contributed by atoms with Crippen molar-refractivity contribution in [2.45, 2.75) is 0 Å². The second-order valence-corrected chi connectivity index (χ2v) is 5.71. The van der Waals surface area contributed by atoms with E-state index in [4.69, 9.17) is 39.0 Å². The third-order valence-corrected chi connectivity index (χ3v) is 3.45. The van der Waals surface area contributed by atoms with E-state index in [0.29, 0.717) is 5.88 Å². The predicted molar refractivity (Wildman–Crippen MR) is 45.7 cm³/mol. The zero-order chi connectivity index (χ0) is 8.04. The van der Waals surface area contributed by atoms with Gasteiger partial charge in [0, 0.05) is 11.8 Å². The fourth-order valence-electron chi connectivity index (χ4n) is 0.336. The summed E-state index contributed by atoms with van der Waals surface area (Å²) in [7, 11) is 0. The average molecular weight is 225 g/mol. The first-order valence-corrected chi connectivity index (χ1v) is 6.46. The van der Waals surface area contributed by atoms with Gasteiger partial charge in [-0.1, -0.05) is 0 Å². The molecule has 0 spiro atoms. The summed E-state index contributed by atoms with van der Waals surface area (Å²) in [4.78, 5) is 0. The topological polar surface area (TPSA) is 26.3 Å². The normalized spacial score (nSPS) is 16.7. The van der Waals surface area contributed by atoms with Crippen molar-refractivity contribution >= 4 is 41.2 Å². The van der Waals surface area contributed by atoms with E-state index in [1.165, 1.54) is 0 Å². The molecule has 1 unspecified atom stereocenters. The van der Waals surface area contributed by atoms with Gasteiger partial charge in [-0.2, -0.15) is 0 Å². The van der Waals surface area contributed by atoms with E-state index in [0.717, 1.165) is 0 Å². The molecule has 10 heavy (non-hydrogen) atoms. The first-order chi connectivity index (χ1) is 4.62. The Morgan fingerprint density at radius 1 is 1.30 bits per heavy atom. The molecular formula is C4H8Cl3O2P. The van der Waals surface area contributed by atoms with Gasteiger partial charge in [0.25, 0.3) is 6.72 Å². The number of rotatable bonds is 5. The Morgan fingerprint density at radius 2 is 1.90 bits per heavy atom. The molecule has 0 rings (SSSR count). The predicted octanol–water partition coefficient (Wildman–Crippen LogP) is 2.91. The molecule has 0 saturated carbocycles. The Morgan fingerprint density at radius 3 is 2.30 bits per heavy atom. The van der Waals surface area contributed by atoms with Crippen LogP contribution in [0.1, 0.15) is 0 Å². The molecule has 2 nitrogen and oxygen atoms in total. The van der Waals surface area contributed by atoms with E-state index >= 15 is 0 Å². The molecule has 0 aliphatic rings. The van der Waals surface area contributed by atoms with Crippen molar-refractivity contribution in [3.63, 3.8) is 0 Å². The summed E-state index contributed by atoms with van der Waals surface area (Å²) in [5.74, 6) is 0.530. The summed E-state index contributed by atoms with van der Waals surface area (Å²) in [6.07, 6.45) is 0.188. The van der Waals surface area contributed by atoms with Crippen LogP contribution in [-0.4, -0.2) is 24.5 Å². The number of alkyl halides is 2. The van der Waals surface area contributed by atoms with Crippen LogP contribution in [0.15, 0.2) is 0 Å². The lowest BCUT2D eigenvalue weighted by Gasteiger charge is -2.07. The van der Waals surface area contributed by atoms with Gasteiger partial charge in [0.1, 0.15) is 0 Å². The molecule has 62 valence electrons. The second-order valence-electron chi connectivity index (χ2n) is 1.53. The summed E-state index contributed by atoms with van der Waals surface area (Å²) in [6.45, 7) is -2.75. The van der Waals surface area contributed by atoms with E-state index in [1.54, 1.807) is 0 Å². The fraction of sp³-hybridized carbons (Fsp3) is 1.00. The molecule has 0 radical (unpaired) electrons. The second kappa shape index (κ2) is 5.68. The summed E-state index contributed by atoms with van der Waals surface area (Å²) in [5.41, 5.74) is 0. The molecule has 0 N–H and O–H groups in total. The Hall–Kier alpha value is 1.06. The Bertz CT molecular complexity index is 130. The zero-order valence-electron chi connectivity index (χ0n) is 5.23. The van der Waals surface area contributed by atoms with Crippen LogP contribution in [-0.2, 0) is 9.09 Å². The van der Waals surface area contributed by atoms with Gasteiger partial charge in [-0.25, -0.2) is 0 Å². The average Bonchev–Trinajstić information content (AvgIpc) is 1.84. The van der Waals surface area contributed by atoms with E-state index in [9.17, 15) is 4.57 Å². The van der Waals surface area contributed by atoms with E-state index in [2.05, 4.69) is 0 Å².